The van der Waals surface area contributed by atoms with Gasteiger partial charge in [-0.25, -0.2) is 0 Å². The Balaban J connectivity index is 1.92. The SMILES string of the molecule is Cc1ccc(-c2nc(N3CCCC3)no2)c(O)c1. The zero-order valence-corrected chi connectivity index (χ0v) is 10.3. The van der Waals surface area contributed by atoms with Crippen LogP contribution in [0.3, 0.4) is 0 Å². The van der Waals surface area contributed by atoms with Crippen LogP contribution in [0.2, 0.25) is 0 Å². The lowest BCUT2D eigenvalue weighted by molar-refractivity contribution is 0.424. The summed E-state index contributed by atoms with van der Waals surface area (Å²) in [5, 5.41) is 13.8. The maximum absolute atomic E-state index is 9.88. The highest BCUT2D eigenvalue weighted by molar-refractivity contribution is 5.63. The molecule has 0 unspecified atom stereocenters. The largest absolute Gasteiger partial charge is 0.507 e. The second kappa shape index (κ2) is 4.33. The maximum Gasteiger partial charge on any atom is 0.266 e. The number of hydrogen-bond acceptors (Lipinski definition) is 5. The van der Waals surface area contributed by atoms with Crippen LogP contribution in [-0.2, 0) is 0 Å². The molecule has 0 atom stereocenters. The highest BCUT2D eigenvalue weighted by atomic mass is 16.5. The number of nitrogens with zero attached hydrogens (tertiary/aromatic N) is 3. The van der Waals surface area contributed by atoms with E-state index in [4.69, 9.17) is 4.52 Å². The molecule has 3 rings (SSSR count). The minimum atomic E-state index is 0.173. The molecular weight excluding hydrogens is 230 g/mol. The summed E-state index contributed by atoms with van der Waals surface area (Å²) in [6.07, 6.45) is 2.33. The van der Waals surface area contributed by atoms with Gasteiger partial charge in [0.25, 0.3) is 11.8 Å². The smallest absolute Gasteiger partial charge is 0.266 e. The fraction of sp³-hybridized carbons (Fsp3) is 0.385. The first-order valence-corrected chi connectivity index (χ1v) is 6.13. The van der Waals surface area contributed by atoms with Crippen molar-refractivity contribution in [3.05, 3.63) is 23.8 Å². The summed E-state index contributed by atoms with van der Waals surface area (Å²) in [5.41, 5.74) is 1.58. The number of benzene rings is 1. The van der Waals surface area contributed by atoms with Crippen LogP contribution in [0.15, 0.2) is 22.7 Å². The first-order valence-electron chi connectivity index (χ1n) is 6.13. The number of aryl methyl sites for hydroxylation is 1. The van der Waals surface area contributed by atoms with Gasteiger partial charge in [0.2, 0.25) is 0 Å². The van der Waals surface area contributed by atoms with Gasteiger partial charge in [0.05, 0.1) is 5.56 Å². The second-order valence-electron chi connectivity index (χ2n) is 4.61. The molecule has 18 heavy (non-hydrogen) atoms. The molecule has 1 saturated heterocycles. The number of phenolic OH excluding ortho intramolecular Hbond substituents is 1. The van der Waals surface area contributed by atoms with Gasteiger partial charge in [-0.1, -0.05) is 6.07 Å². The van der Waals surface area contributed by atoms with Crippen LogP contribution in [0.25, 0.3) is 11.5 Å². The van der Waals surface area contributed by atoms with Gasteiger partial charge in [-0.3, -0.25) is 0 Å². The normalized spacial score (nSPS) is 15.3. The molecule has 2 aromatic rings. The van der Waals surface area contributed by atoms with E-state index in [9.17, 15) is 5.11 Å². The molecule has 94 valence electrons. The van der Waals surface area contributed by atoms with E-state index in [1.54, 1.807) is 12.1 Å². The summed E-state index contributed by atoms with van der Waals surface area (Å²) in [6.45, 7) is 3.87. The van der Waals surface area contributed by atoms with E-state index in [1.807, 2.05) is 13.0 Å². The van der Waals surface area contributed by atoms with Crippen molar-refractivity contribution in [1.29, 1.82) is 0 Å². The van der Waals surface area contributed by atoms with Crippen molar-refractivity contribution in [3.63, 3.8) is 0 Å². The number of phenols is 1. The van der Waals surface area contributed by atoms with Crippen LogP contribution in [-0.4, -0.2) is 28.3 Å². The molecule has 5 heteroatoms. The van der Waals surface area contributed by atoms with Crippen LogP contribution in [0.4, 0.5) is 5.95 Å². The van der Waals surface area contributed by atoms with Gasteiger partial charge in [0, 0.05) is 13.1 Å². The monoisotopic (exact) mass is 245 g/mol. The lowest BCUT2D eigenvalue weighted by Crippen LogP contribution is -2.18. The fourth-order valence-corrected chi connectivity index (χ4v) is 2.19. The van der Waals surface area contributed by atoms with Crippen molar-refractivity contribution in [2.45, 2.75) is 19.8 Å². The highest BCUT2D eigenvalue weighted by Gasteiger charge is 2.19. The average molecular weight is 245 g/mol. The summed E-state index contributed by atoms with van der Waals surface area (Å²) in [4.78, 5) is 6.44. The Morgan fingerprint density at radius 3 is 2.78 bits per heavy atom. The molecule has 1 fully saturated rings. The first kappa shape index (κ1) is 11.1. The standard InChI is InChI=1S/C13H15N3O2/c1-9-4-5-10(11(17)8-9)12-14-13(15-18-12)16-6-2-3-7-16/h4-5,8,17H,2-3,6-7H2,1H3. The summed E-state index contributed by atoms with van der Waals surface area (Å²) >= 11 is 0. The molecule has 1 aliphatic heterocycles. The van der Waals surface area contributed by atoms with Gasteiger partial charge >= 0.3 is 0 Å². The van der Waals surface area contributed by atoms with E-state index in [-0.39, 0.29) is 5.75 Å². The average Bonchev–Trinajstić information content (AvgIpc) is 2.99. The molecule has 1 N–H and O–H groups in total. The van der Waals surface area contributed by atoms with Gasteiger partial charge in [-0.05, 0) is 42.6 Å². The Bertz CT molecular complexity index is 559. The van der Waals surface area contributed by atoms with Crippen LogP contribution >= 0.6 is 0 Å². The summed E-state index contributed by atoms with van der Waals surface area (Å²) < 4.78 is 5.22. The molecule has 0 bridgehead atoms. The van der Waals surface area contributed by atoms with Crippen molar-refractivity contribution in [3.8, 4) is 17.2 Å². The quantitative estimate of drug-likeness (QED) is 0.880. The zero-order valence-electron chi connectivity index (χ0n) is 10.3. The second-order valence-corrected chi connectivity index (χ2v) is 4.61. The van der Waals surface area contributed by atoms with E-state index in [0.717, 1.165) is 18.7 Å². The van der Waals surface area contributed by atoms with E-state index < -0.39 is 0 Å². The predicted octanol–water partition coefficient (Wildman–Crippen LogP) is 2.35. The molecule has 0 spiro atoms. The molecule has 0 amide bonds. The number of aromatic hydroxyl groups is 1. The summed E-state index contributed by atoms with van der Waals surface area (Å²) in [5.74, 6) is 1.16. The molecule has 2 heterocycles. The van der Waals surface area contributed by atoms with Crippen LogP contribution in [0, 0.1) is 6.92 Å². The first-order chi connectivity index (χ1) is 8.74. The summed E-state index contributed by atoms with van der Waals surface area (Å²) in [6, 6.07) is 5.40. The van der Waals surface area contributed by atoms with Crippen LogP contribution < -0.4 is 4.90 Å². The Kier molecular flexibility index (Phi) is 2.66. The lowest BCUT2D eigenvalue weighted by Gasteiger charge is -2.09. The molecule has 1 aromatic heterocycles. The number of anilines is 1. The van der Waals surface area contributed by atoms with E-state index >= 15 is 0 Å². The van der Waals surface area contributed by atoms with E-state index in [0.29, 0.717) is 17.4 Å². The van der Waals surface area contributed by atoms with Crippen molar-refractivity contribution in [1.82, 2.24) is 10.1 Å². The van der Waals surface area contributed by atoms with Gasteiger partial charge in [0.1, 0.15) is 5.75 Å². The molecule has 0 aliphatic carbocycles. The molecule has 1 aliphatic rings. The Hall–Kier alpha value is -2.04. The van der Waals surface area contributed by atoms with Gasteiger partial charge < -0.3 is 14.5 Å². The van der Waals surface area contributed by atoms with Gasteiger partial charge in [-0.2, -0.15) is 4.98 Å². The van der Waals surface area contributed by atoms with Crippen LogP contribution in [0.1, 0.15) is 18.4 Å². The maximum atomic E-state index is 9.88. The van der Waals surface area contributed by atoms with E-state index in [2.05, 4.69) is 15.0 Å². The van der Waals surface area contributed by atoms with Crippen molar-refractivity contribution < 1.29 is 9.63 Å². The van der Waals surface area contributed by atoms with Crippen molar-refractivity contribution in [2.24, 2.45) is 0 Å². The fourth-order valence-electron chi connectivity index (χ4n) is 2.19. The highest BCUT2D eigenvalue weighted by Crippen LogP contribution is 2.30. The van der Waals surface area contributed by atoms with Gasteiger partial charge in [-0.15, -0.1) is 0 Å². The Morgan fingerprint density at radius 1 is 1.28 bits per heavy atom. The molecular formula is C13H15N3O2. The topological polar surface area (TPSA) is 62.4 Å². The van der Waals surface area contributed by atoms with Gasteiger partial charge in [0.15, 0.2) is 0 Å². The molecule has 5 nitrogen and oxygen atoms in total. The molecule has 0 saturated carbocycles. The van der Waals surface area contributed by atoms with Crippen LogP contribution in [0.5, 0.6) is 5.75 Å². The molecule has 0 radical (unpaired) electrons. The third kappa shape index (κ3) is 1.92. The van der Waals surface area contributed by atoms with E-state index in [1.165, 1.54) is 12.8 Å². The van der Waals surface area contributed by atoms with Crippen molar-refractivity contribution >= 4 is 5.95 Å². The third-order valence-electron chi connectivity index (χ3n) is 3.19. The number of hydrogen-bond donors (Lipinski definition) is 1. The Labute approximate surface area is 105 Å². The zero-order chi connectivity index (χ0) is 12.5. The minimum absolute atomic E-state index is 0.173. The minimum Gasteiger partial charge on any atom is -0.507 e. The lowest BCUT2D eigenvalue weighted by atomic mass is 10.1. The predicted molar refractivity (Wildman–Crippen MR) is 67.6 cm³/mol. The molecule has 1 aromatic carbocycles. The third-order valence-corrected chi connectivity index (χ3v) is 3.19. The van der Waals surface area contributed by atoms with Crippen molar-refractivity contribution in [2.75, 3.05) is 18.0 Å². The number of aromatic nitrogens is 2. The number of rotatable bonds is 2. The Morgan fingerprint density at radius 2 is 2.06 bits per heavy atom. The summed E-state index contributed by atoms with van der Waals surface area (Å²) in [7, 11) is 0.